The van der Waals surface area contributed by atoms with Crippen LogP contribution >= 0.6 is 0 Å². The number of aliphatic imine (C=N–C) groups is 1. The average Bonchev–Trinajstić information content (AvgIpc) is 2.71. The fourth-order valence-corrected chi connectivity index (χ4v) is 2.85. The van der Waals surface area contributed by atoms with Gasteiger partial charge in [-0.05, 0) is 12.5 Å². The molecule has 2 rings (SSSR count). The van der Waals surface area contributed by atoms with Crippen molar-refractivity contribution in [1.29, 1.82) is 0 Å². The molecule has 1 atom stereocenters. The van der Waals surface area contributed by atoms with Crippen molar-refractivity contribution in [2.45, 2.75) is 18.5 Å². The second kappa shape index (κ2) is 4.52. The third kappa shape index (κ3) is 2.44. The molecule has 104 valence electrons. The van der Waals surface area contributed by atoms with Gasteiger partial charge in [0.05, 0.1) is 12.6 Å². The van der Waals surface area contributed by atoms with E-state index in [-0.39, 0.29) is 12.4 Å². The monoisotopic (exact) mass is 292 g/mol. The second-order valence-corrected chi connectivity index (χ2v) is 5.94. The minimum atomic E-state index is -5.36. The van der Waals surface area contributed by atoms with Crippen LogP contribution in [0, 0.1) is 0 Å². The van der Waals surface area contributed by atoms with Gasteiger partial charge in [0.25, 0.3) is 0 Å². The molecule has 19 heavy (non-hydrogen) atoms. The van der Waals surface area contributed by atoms with Gasteiger partial charge >= 0.3 is 15.5 Å². The Labute approximate surface area is 108 Å². The summed E-state index contributed by atoms with van der Waals surface area (Å²) in [5, 5.41) is 0. The summed E-state index contributed by atoms with van der Waals surface area (Å²) >= 11 is 0. The van der Waals surface area contributed by atoms with E-state index in [2.05, 4.69) is 4.99 Å². The number of nitrogens with zero attached hydrogens (tertiary/aromatic N) is 2. The SMILES string of the molecule is CC1=NC(c2ccccc2)CN1S(=O)(=O)C(F)(F)F. The molecule has 0 radical (unpaired) electrons. The zero-order valence-electron chi connectivity index (χ0n) is 9.92. The highest BCUT2D eigenvalue weighted by Gasteiger charge is 2.52. The van der Waals surface area contributed by atoms with Gasteiger partial charge in [-0.2, -0.15) is 21.6 Å². The number of hydrogen-bond donors (Lipinski definition) is 0. The lowest BCUT2D eigenvalue weighted by molar-refractivity contribution is -0.0471. The maximum atomic E-state index is 12.5. The summed E-state index contributed by atoms with van der Waals surface area (Å²) in [5.74, 6) is -0.147. The molecule has 0 bridgehead atoms. The molecule has 0 saturated heterocycles. The number of sulfonamides is 1. The Morgan fingerprint density at radius 1 is 1.26 bits per heavy atom. The number of halogens is 3. The van der Waals surface area contributed by atoms with Crippen molar-refractivity contribution >= 4 is 15.9 Å². The van der Waals surface area contributed by atoms with Crippen molar-refractivity contribution < 1.29 is 21.6 Å². The summed E-state index contributed by atoms with van der Waals surface area (Å²) in [6.45, 7) is 0.934. The predicted molar refractivity (Wildman–Crippen MR) is 64.0 cm³/mol. The smallest absolute Gasteiger partial charge is 0.262 e. The van der Waals surface area contributed by atoms with E-state index in [1.807, 2.05) is 0 Å². The summed E-state index contributed by atoms with van der Waals surface area (Å²) in [5.41, 5.74) is -4.63. The largest absolute Gasteiger partial charge is 0.516 e. The van der Waals surface area contributed by atoms with Gasteiger partial charge in [-0.3, -0.25) is 4.99 Å². The van der Waals surface area contributed by atoms with Crippen LogP contribution in [0.25, 0.3) is 0 Å². The van der Waals surface area contributed by atoms with E-state index in [4.69, 9.17) is 0 Å². The third-order valence-electron chi connectivity index (χ3n) is 2.81. The molecule has 0 saturated carbocycles. The molecule has 0 aromatic heterocycles. The zero-order chi connectivity index (χ0) is 14.3. The lowest BCUT2D eigenvalue weighted by Gasteiger charge is -2.20. The van der Waals surface area contributed by atoms with Crippen molar-refractivity contribution in [3.05, 3.63) is 35.9 Å². The first-order valence-electron chi connectivity index (χ1n) is 5.42. The van der Waals surface area contributed by atoms with E-state index >= 15 is 0 Å². The highest BCUT2D eigenvalue weighted by atomic mass is 32.2. The minimum Gasteiger partial charge on any atom is -0.262 e. The first-order chi connectivity index (χ1) is 8.73. The van der Waals surface area contributed by atoms with Gasteiger partial charge in [0.1, 0.15) is 5.84 Å². The van der Waals surface area contributed by atoms with Gasteiger partial charge in [0.15, 0.2) is 0 Å². The van der Waals surface area contributed by atoms with E-state index < -0.39 is 21.6 Å². The maximum Gasteiger partial charge on any atom is 0.516 e. The summed E-state index contributed by atoms with van der Waals surface area (Å²) < 4.78 is 60.5. The molecule has 0 amide bonds. The number of rotatable bonds is 2. The first kappa shape index (κ1) is 13.9. The van der Waals surface area contributed by atoms with Crippen LogP contribution in [0.2, 0.25) is 0 Å². The van der Waals surface area contributed by atoms with Crippen molar-refractivity contribution in [3.63, 3.8) is 0 Å². The van der Waals surface area contributed by atoms with Crippen molar-refractivity contribution in [2.75, 3.05) is 6.54 Å². The molecule has 1 heterocycles. The van der Waals surface area contributed by atoms with Gasteiger partial charge in [0, 0.05) is 0 Å². The standard InChI is InChI=1S/C11H11F3N2O2S/c1-8-15-10(9-5-3-2-4-6-9)7-16(8)19(17,18)11(12,13)14/h2-6,10H,7H2,1H3. The van der Waals surface area contributed by atoms with Crippen LogP contribution in [0.15, 0.2) is 35.3 Å². The normalized spacial score (nSPS) is 20.5. The molecular formula is C11H11F3N2O2S. The minimum absolute atomic E-state index is 0.147. The number of benzene rings is 1. The van der Waals surface area contributed by atoms with Crippen molar-refractivity contribution in [2.24, 2.45) is 4.99 Å². The highest BCUT2D eigenvalue weighted by molar-refractivity contribution is 7.90. The molecule has 1 aromatic rings. The van der Waals surface area contributed by atoms with Crippen molar-refractivity contribution in [1.82, 2.24) is 4.31 Å². The van der Waals surface area contributed by atoms with Gasteiger partial charge in [-0.15, -0.1) is 0 Å². The molecule has 1 aromatic carbocycles. The molecule has 1 aliphatic rings. The van der Waals surface area contributed by atoms with E-state index in [0.29, 0.717) is 9.87 Å². The summed E-state index contributed by atoms with van der Waals surface area (Å²) in [4.78, 5) is 3.98. The van der Waals surface area contributed by atoms with Crippen LogP contribution in [0.4, 0.5) is 13.2 Å². The summed E-state index contributed by atoms with van der Waals surface area (Å²) in [6, 6.07) is 8.01. The second-order valence-electron chi connectivity index (χ2n) is 4.08. The van der Waals surface area contributed by atoms with Crippen LogP contribution in [-0.4, -0.2) is 30.6 Å². The third-order valence-corrected chi connectivity index (χ3v) is 4.39. The highest BCUT2D eigenvalue weighted by Crippen LogP contribution is 2.33. The van der Waals surface area contributed by atoms with Gasteiger partial charge < -0.3 is 0 Å². The topological polar surface area (TPSA) is 49.7 Å². The fraction of sp³-hybridized carbons (Fsp3) is 0.364. The Balaban J connectivity index is 2.29. The van der Waals surface area contributed by atoms with E-state index in [1.54, 1.807) is 30.3 Å². The Bertz CT molecular complexity index is 596. The average molecular weight is 292 g/mol. The predicted octanol–water partition coefficient (Wildman–Crippen LogP) is 2.31. The molecule has 8 heteroatoms. The van der Waals surface area contributed by atoms with Gasteiger partial charge in [0.2, 0.25) is 0 Å². The number of alkyl halides is 3. The summed E-state index contributed by atoms with van der Waals surface area (Å²) in [6.07, 6.45) is 0. The van der Waals surface area contributed by atoms with Crippen LogP contribution in [0.5, 0.6) is 0 Å². The molecule has 0 N–H and O–H groups in total. The van der Waals surface area contributed by atoms with Crippen LogP contribution < -0.4 is 0 Å². The molecule has 1 aliphatic heterocycles. The first-order valence-corrected chi connectivity index (χ1v) is 6.86. The molecule has 0 aliphatic carbocycles. The Morgan fingerprint density at radius 3 is 2.37 bits per heavy atom. The Morgan fingerprint density at radius 2 is 1.84 bits per heavy atom. The molecule has 0 spiro atoms. The fourth-order valence-electron chi connectivity index (χ4n) is 1.87. The molecule has 0 fully saturated rings. The van der Waals surface area contributed by atoms with Crippen molar-refractivity contribution in [3.8, 4) is 0 Å². The Hall–Kier alpha value is -1.57. The zero-order valence-corrected chi connectivity index (χ0v) is 10.7. The quantitative estimate of drug-likeness (QED) is 0.840. The molecular weight excluding hydrogens is 281 g/mol. The van der Waals surface area contributed by atoms with E-state index in [1.165, 1.54) is 6.92 Å². The number of amidine groups is 1. The lowest BCUT2D eigenvalue weighted by Crippen LogP contribution is -2.42. The van der Waals surface area contributed by atoms with Crippen LogP contribution in [0.1, 0.15) is 18.5 Å². The lowest BCUT2D eigenvalue weighted by atomic mass is 10.1. The number of hydrogen-bond acceptors (Lipinski definition) is 3. The van der Waals surface area contributed by atoms with E-state index in [9.17, 15) is 21.6 Å². The summed E-state index contributed by atoms with van der Waals surface area (Å²) in [7, 11) is -5.36. The Kier molecular flexibility index (Phi) is 3.29. The maximum absolute atomic E-state index is 12.5. The van der Waals surface area contributed by atoms with Crippen LogP contribution in [-0.2, 0) is 10.0 Å². The van der Waals surface area contributed by atoms with Crippen LogP contribution in [0.3, 0.4) is 0 Å². The van der Waals surface area contributed by atoms with Gasteiger partial charge in [-0.1, -0.05) is 30.3 Å². The molecule has 1 unspecified atom stereocenters. The van der Waals surface area contributed by atoms with Gasteiger partial charge in [-0.25, -0.2) is 4.31 Å². The molecule has 4 nitrogen and oxygen atoms in total. The van der Waals surface area contributed by atoms with E-state index in [0.717, 1.165) is 0 Å².